The van der Waals surface area contributed by atoms with Gasteiger partial charge in [-0.05, 0) is 23.9 Å². The van der Waals surface area contributed by atoms with Crippen molar-refractivity contribution in [2.75, 3.05) is 13.1 Å². The predicted molar refractivity (Wildman–Crippen MR) is 57.8 cm³/mol. The van der Waals surface area contributed by atoms with E-state index in [9.17, 15) is 9.18 Å². The van der Waals surface area contributed by atoms with Gasteiger partial charge in [-0.15, -0.1) is 11.3 Å². The number of thiophene rings is 1. The number of hydrogen-bond donors (Lipinski definition) is 1. The number of aryl methyl sites for hydroxylation is 1. The first kappa shape index (κ1) is 10.4. The zero-order chi connectivity index (χ0) is 10.8. The molecule has 1 fully saturated rings. The van der Waals surface area contributed by atoms with E-state index in [0.717, 1.165) is 4.88 Å². The number of halogens is 1. The number of alkyl halides is 1. The molecule has 82 valence electrons. The molecule has 15 heavy (non-hydrogen) atoms. The molecule has 0 unspecified atom stereocenters. The maximum Gasteiger partial charge on any atom is 0.317 e. The van der Waals surface area contributed by atoms with Crippen LogP contribution >= 0.6 is 11.3 Å². The van der Waals surface area contributed by atoms with Gasteiger partial charge < -0.3 is 10.2 Å². The van der Waals surface area contributed by atoms with Crippen LogP contribution in [0.25, 0.3) is 0 Å². The highest BCUT2D eigenvalue weighted by Crippen LogP contribution is 2.14. The van der Waals surface area contributed by atoms with Gasteiger partial charge in [0.15, 0.2) is 0 Å². The summed E-state index contributed by atoms with van der Waals surface area (Å²) in [6.07, 6.45) is -0.834. The van der Waals surface area contributed by atoms with Crippen LogP contribution in [0.4, 0.5) is 9.18 Å². The van der Waals surface area contributed by atoms with Crippen LogP contribution in [0.15, 0.2) is 11.4 Å². The van der Waals surface area contributed by atoms with Crippen molar-refractivity contribution in [1.82, 2.24) is 10.2 Å². The summed E-state index contributed by atoms with van der Waals surface area (Å²) in [6.45, 7) is 3.01. The molecule has 2 rings (SSSR count). The van der Waals surface area contributed by atoms with Crippen molar-refractivity contribution < 1.29 is 9.18 Å². The first-order valence-corrected chi connectivity index (χ1v) is 5.74. The molecular weight excluding hydrogens is 215 g/mol. The fourth-order valence-corrected chi connectivity index (χ4v) is 2.26. The van der Waals surface area contributed by atoms with Crippen LogP contribution in [0.5, 0.6) is 0 Å². The van der Waals surface area contributed by atoms with Gasteiger partial charge in [-0.1, -0.05) is 0 Å². The van der Waals surface area contributed by atoms with Crippen LogP contribution in [0.3, 0.4) is 0 Å². The maximum absolute atomic E-state index is 12.5. The minimum absolute atomic E-state index is 0.171. The third-order valence-electron chi connectivity index (χ3n) is 2.32. The van der Waals surface area contributed by atoms with Crippen LogP contribution in [-0.4, -0.2) is 30.2 Å². The molecule has 0 saturated carbocycles. The molecule has 0 radical (unpaired) electrons. The summed E-state index contributed by atoms with van der Waals surface area (Å²) in [5.41, 5.74) is 1.21. The minimum atomic E-state index is -0.834. The van der Waals surface area contributed by atoms with Crippen molar-refractivity contribution >= 4 is 17.4 Å². The fraction of sp³-hybridized carbons (Fsp3) is 0.500. The van der Waals surface area contributed by atoms with Crippen LogP contribution in [0.2, 0.25) is 0 Å². The Bertz CT molecular complexity index is 360. The molecule has 0 bridgehead atoms. The largest absolute Gasteiger partial charge is 0.333 e. The average molecular weight is 228 g/mol. The van der Waals surface area contributed by atoms with Gasteiger partial charge >= 0.3 is 6.03 Å². The van der Waals surface area contributed by atoms with Crippen molar-refractivity contribution in [1.29, 1.82) is 0 Å². The first-order valence-electron chi connectivity index (χ1n) is 4.86. The molecule has 0 aliphatic carbocycles. The Morgan fingerprint density at radius 1 is 1.73 bits per heavy atom. The molecule has 2 heterocycles. The van der Waals surface area contributed by atoms with E-state index in [0.29, 0.717) is 6.54 Å². The van der Waals surface area contributed by atoms with Gasteiger partial charge in [0.1, 0.15) is 6.17 Å². The maximum atomic E-state index is 12.5. The second-order valence-corrected chi connectivity index (χ2v) is 4.75. The van der Waals surface area contributed by atoms with Crippen molar-refractivity contribution in [3.8, 4) is 0 Å². The molecular formula is C10H13FN2OS. The van der Waals surface area contributed by atoms with Crippen molar-refractivity contribution in [2.45, 2.75) is 19.6 Å². The van der Waals surface area contributed by atoms with Gasteiger partial charge in [-0.2, -0.15) is 0 Å². The highest BCUT2D eigenvalue weighted by Gasteiger charge is 2.29. The van der Waals surface area contributed by atoms with Crippen LogP contribution in [0.1, 0.15) is 10.4 Å². The Labute approximate surface area is 91.9 Å². The zero-order valence-electron chi connectivity index (χ0n) is 8.50. The third kappa shape index (κ3) is 2.47. The lowest BCUT2D eigenvalue weighted by atomic mass is 10.2. The van der Waals surface area contributed by atoms with E-state index < -0.39 is 6.17 Å². The van der Waals surface area contributed by atoms with Crippen molar-refractivity contribution in [3.63, 3.8) is 0 Å². The Balaban J connectivity index is 1.76. The molecule has 3 nitrogen and oxygen atoms in total. The summed E-state index contributed by atoms with van der Waals surface area (Å²) in [7, 11) is 0. The summed E-state index contributed by atoms with van der Waals surface area (Å²) in [5, 5.41) is 4.81. The van der Waals surface area contributed by atoms with Crippen molar-refractivity contribution in [3.05, 3.63) is 21.9 Å². The van der Waals surface area contributed by atoms with Gasteiger partial charge in [0.2, 0.25) is 0 Å². The normalized spacial score (nSPS) is 16.3. The summed E-state index contributed by atoms with van der Waals surface area (Å²) >= 11 is 1.62. The molecule has 1 aromatic rings. The van der Waals surface area contributed by atoms with E-state index in [-0.39, 0.29) is 19.1 Å². The highest BCUT2D eigenvalue weighted by atomic mass is 32.1. The number of carbonyl (C=O) groups excluding carboxylic acids is 1. The number of carbonyl (C=O) groups is 1. The van der Waals surface area contributed by atoms with Gasteiger partial charge in [0.05, 0.1) is 19.6 Å². The summed E-state index contributed by atoms with van der Waals surface area (Å²) < 4.78 is 12.5. The second kappa shape index (κ2) is 4.18. The molecule has 5 heteroatoms. The number of nitrogens with zero attached hydrogens (tertiary/aromatic N) is 1. The van der Waals surface area contributed by atoms with Crippen LogP contribution in [-0.2, 0) is 6.54 Å². The van der Waals surface area contributed by atoms with E-state index in [4.69, 9.17) is 0 Å². The first-order chi connectivity index (χ1) is 7.15. The Kier molecular flexibility index (Phi) is 2.90. The average Bonchev–Trinajstić information content (AvgIpc) is 2.56. The molecule has 2 amide bonds. The fourth-order valence-electron chi connectivity index (χ4n) is 1.45. The lowest BCUT2D eigenvalue weighted by Gasteiger charge is -2.34. The lowest BCUT2D eigenvalue weighted by molar-refractivity contribution is 0.0897. The summed E-state index contributed by atoms with van der Waals surface area (Å²) in [4.78, 5) is 14.0. The van der Waals surface area contributed by atoms with Gasteiger partial charge in [-0.3, -0.25) is 0 Å². The third-order valence-corrected chi connectivity index (χ3v) is 3.38. The number of nitrogens with one attached hydrogen (secondary N) is 1. The van der Waals surface area contributed by atoms with Crippen LogP contribution in [0, 0.1) is 6.92 Å². The number of rotatable bonds is 2. The molecule has 1 saturated heterocycles. The van der Waals surface area contributed by atoms with Gasteiger partial charge in [0, 0.05) is 4.88 Å². The van der Waals surface area contributed by atoms with Gasteiger partial charge in [-0.25, -0.2) is 9.18 Å². The van der Waals surface area contributed by atoms with E-state index in [1.54, 1.807) is 11.3 Å². The molecule has 0 spiro atoms. The Morgan fingerprint density at radius 3 is 3.00 bits per heavy atom. The SMILES string of the molecule is Cc1csc(CNC(=O)N2CC(F)C2)c1. The number of urea groups is 1. The standard InChI is InChI=1S/C10H13FN2OS/c1-7-2-9(15-6-7)3-12-10(14)13-4-8(11)5-13/h2,6,8H,3-5H2,1H3,(H,12,14). The summed E-state index contributed by atoms with van der Waals surface area (Å²) in [6, 6.07) is 1.87. The second-order valence-electron chi connectivity index (χ2n) is 3.75. The lowest BCUT2D eigenvalue weighted by Crippen LogP contribution is -2.54. The molecule has 1 aliphatic heterocycles. The van der Waals surface area contributed by atoms with E-state index in [1.807, 2.05) is 18.4 Å². The smallest absolute Gasteiger partial charge is 0.317 e. The Morgan fingerprint density at radius 2 is 2.47 bits per heavy atom. The quantitative estimate of drug-likeness (QED) is 0.824. The van der Waals surface area contributed by atoms with Crippen LogP contribution < -0.4 is 5.32 Å². The highest BCUT2D eigenvalue weighted by molar-refractivity contribution is 7.10. The molecule has 1 aromatic heterocycles. The molecule has 0 aromatic carbocycles. The number of amides is 2. The van der Waals surface area contributed by atoms with E-state index >= 15 is 0 Å². The monoisotopic (exact) mass is 228 g/mol. The topological polar surface area (TPSA) is 32.3 Å². The van der Waals surface area contributed by atoms with Gasteiger partial charge in [0.25, 0.3) is 0 Å². The Hall–Kier alpha value is -1.10. The molecule has 1 N–H and O–H groups in total. The van der Waals surface area contributed by atoms with E-state index in [2.05, 4.69) is 5.32 Å². The number of hydrogen-bond acceptors (Lipinski definition) is 2. The predicted octanol–water partition coefficient (Wildman–Crippen LogP) is 1.92. The molecule has 0 atom stereocenters. The zero-order valence-corrected chi connectivity index (χ0v) is 9.31. The van der Waals surface area contributed by atoms with E-state index in [1.165, 1.54) is 10.5 Å². The minimum Gasteiger partial charge on any atom is -0.333 e. The molecule has 1 aliphatic rings. The number of likely N-dealkylation sites (tertiary alicyclic amines) is 1. The summed E-state index contributed by atoms with van der Waals surface area (Å²) in [5.74, 6) is 0. The van der Waals surface area contributed by atoms with Crippen molar-refractivity contribution in [2.24, 2.45) is 0 Å².